The average molecular weight is 360 g/mol. The largest absolute Gasteiger partial charge is 0.271 e. The quantitative estimate of drug-likeness (QED) is 0.758. The summed E-state index contributed by atoms with van der Waals surface area (Å²) in [6, 6.07) is 9.08. The third-order valence-electron chi connectivity index (χ3n) is 3.80. The summed E-state index contributed by atoms with van der Waals surface area (Å²) in [7, 11) is -2.01. The summed E-state index contributed by atoms with van der Waals surface area (Å²) in [5.41, 5.74) is 2.61. The third kappa shape index (κ3) is 3.75. The molecule has 3 rings (SSSR count). The summed E-state index contributed by atoms with van der Waals surface area (Å²) in [5.74, 6) is -0.468. The van der Waals surface area contributed by atoms with E-state index in [-0.39, 0.29) is 11.4 Å². The first-order valence-electron chi connectivity index (χ1n) is 7.56. The molecule has 8 heteroatoms. The third-order valence-corrected chi connectivity index (χ3v) is 5.37. The number of benzene rings is 1. The highest BCUT2D eigenvalue weighted by molar-refractivity contribution is 7.89. The van der Waals surface area contributed by atoms with Gasteiger partial charge in [0.25, 0.3) is 0 Å². The minimum Gasteiger partial charge on any atom is -0.271 e. The van der Waals surface area contributed by atoms with E-state index >= 15 is 0 Å². The number of rotatable bonds is 5. The van der Waals surface area contributed by atoms with Gasteiger partial charge in [-0.15, -0.1) is 0 Å². The fourth-order valence-corrected chi connectivity index (χ4v) is 3.71. The fourth-order valence-electron chi connectivity index (χ4n) is 2.49. The molecule has 0 bridgehead atoms. The van der Waals surface area contributed by atoms with Crippen molar-refractivity contribution in [3.63, 3.8) is 0 Å². The second kappa shape index (κ2) is 6.73. The number of sulfonamides is 1. The van der Waals surface area contributed by atoms with Crippen LogP contribution in [0, 0.1) is 12.7 Å². The van der Waals surface area contributed by atoms with Gasteiger partial charge in [0.2, 0.25) is 10.0 Å². The van der Waals surface area contributed by atoms with E-state index in [4.69, 9.17) is 0 Å². The first-order chi connectivity index (χ1) is 11.9. The summed E-state index contributed by atoms with van der Waals surface area (Å²) in [6.45, 7) is 1.63. The molecule has 1 N–H and O–H groups in total. The van der Waals surface area contributed by atoms with Gasteiger partial charge < -0.3 is 0 Å². The Labute approximate surface area is 145 Å². The molecule has 1 aromatic carbocycles. The van der Waals surface area contributed by atoms with Crippen LogP contribution in [0.4, 0.5) is 4.39 Å². The molecular formula is C17H17FN4O2S. The number of hydrogen-bond donors (Lipinski definition) is 1. The molecule has 2 aromatic heterocycles. The number of aryl methyl sites for hydroxylation is 2. The predicted octanol–water partition coefficient (Wildman–Crippen LogP) is 2.41. The maximum absolute atomic E-state index is 13.2. The summed E-state index contributed by atoms with van der Waals surface area (Å²) < 4.78 is 42.2. The molecule has 25 heavy (non-hydrogen) atoms. The van der Waals surface area contributed by atoms with E-state index in [0.717, 1.165) is 11.6 Å². The SMILES string of the molecule is Cc1cc(F)ccc1S(=O)(=O)NCc1cc(-c2cccnc2)nn1C. The maximum atomic E-state index is 13.2. The van der Waals surface area contributed by atoms with E-state index < -0.39 is 15.8 Å². The van der Waals surface area contributed by atoms with E-state index in [1.807, 2.05) is 12.1 Å². The van der Waals surface area contributed by atoms with Crippen LogP contribution in [0.2, 0.25) is 0 Å². The van der Waals surface area contributed by atoms with E-state index in [0.29, 0.717) is 17.0 Å². The molecule has 2 heterocycles. The lowest BCUT2D eigenvalue weighted by Gasteiger charge is -2.09. The second-order valence-corrected chi connectivity index (χ2v) is 7.36. The minimum atomic E-state index is -3.75. The highest BCUT2D eigenvalue weighted by atomic mass is 32.2. The molecule has 0 aliphatic carbocycles. The van der Waals surface area contributed by atoms with Gasteiger partial charge in [-0.05, 0) is 48.9 Å². The van der Waals surface area contributed by atoms with Crippen molar-refractivity contribution in [1.82, 2.24) is 19.5 Å². The minimum absolute atomic E-state index is 0.0588. The van der Waals surface area contributed by atoms with Crippen molar-refractivity contribution >= 4 is 10.0 Å². The highest BCUT2D eigenvalue weighted by Crippen LogP contribution is 2.19. The average Bonchev–Trinajstić information content (AvgIpc) is 2.94. The molecular weight excluding hydrogens is 343 g/mol. The first kappa shape index (κ1) is 17.2. The van der Waals surface area contributed by atoms with E-state index in [2.05, 4.69) is 14.8 Å². The maximum Gasteiger partial charge on any atom is 0.241 e. The molecule has 0 radical (unpaired) electrons. The van der Waals surface area contributed by atoms with Gasteiger partial charge in [-0.3, -0.25) is 9.67 Å². The normalized spacial score (nSPS) is 11.6. The lowest BCUT2D eigenvalue weighted by Crippen LogP contribution is -2.25. The lowest BCUT2D eigenvalue weighted by molar-refractivity contribution is 0.575. The molecule has 0 unspecified atom stereocenters. The number of nitrogens with one attached hydrogen (secondary N) is 1. The molecule has 6 nitrogen and oxygen atoms in total. The Kier molecular flexibility index (Phi) is 4.65. The van der Waals surface area contributed by atoms with Gasteiger partial charge in [0.1, 0.15) is 5.82 Å². The summed E-state index contributed by atoms with van der Waals surface area (Å²) >= 11 is 0. The molecule has 130 valence electrons. The Morgan fingerprint density at radius 1 is 1.24 bits per heavy atom. The Morgan fingerprint density at radius 3 is 2.72 bits per heavy atom. The van der Waals surface area contributed by atoms with E-state index in [9.17, 15) is 12.8 Å². The standard InChI is InChI=1S/C17H17FN4O2S/c1-12-8-14(18)5-6-17(12)25(23,24)20-11-15-9-16(21-22(15)2)13-4-3-7-19-10-13/h3-10,20H,11H2,1-2H3. The number of nitrogens with zero attached hydrogens (tertiary/aromatic N) is 3. The van der Waals surface area contributed by atoms with Crippen LogP contribution in [0.1, 0.15) is 11.3 Å². The van der Waals surface area contributed by atoms with Crippen LogP contribution in [0.3, 0.4) is 0 Å². The van der Waals surface area contributed by atoms with Crippen molar-refractivity contribution in [2.75, 3.05) is 0 Å². The molecule has 0 aliphatic rings. The van der Waals surface area contributed by atoms with E-state index in [1.165, 1.54) is 12.1 Å². The van der Waals surface area contributed by atoms with Gasteiger partial charge in [0, 0.05) is 25.0 Å². The van der Waals surface area contributed by atoms with Gasteiger partial charge in [-0.25, -0.2) is 17.5 Å². The van der Waals surface area contributed by atoms with Crippen molar-refractivity contribution in [2.45, 2.75) is 18.4 Å². The number of halogens is 1. The molecule has 0 amide bonds. The van der Waals surface area contributed by atoms with Crippen LogP contribution in [0.25, 0.3) is 11.3 Å². The van der Waals surface area contributed by atoms with Crippen molar-refractivity contribution in [1.29, 1.82) is 0 Å². The van der Waals surface area contributed by atoms with Gasteiger partial charge in [-0.1, -0.05) is 0 Å². The van der Waals surface area contributed by atoms with Crippen LogP contribution in [0.15, 0.2) is 53.7 Å². The molecule has 3 aromatic rings. The molecule has 0 saturated heterocycles. The molecule has 0 aliphatic heterocycles. The van der Waals surface area contributed by atoms with Crippen LogP contribution >= 0.6 is 0 Å². The Bertz CT molecular complexity index is 1000. The summed E-state index contributed by atoms with van der Waals surface area (Å²) in [4.78, 5) is 4.11. The zero-order valence-electron chi connectivity index (χ0n) is 13.8. The highest BCUT2D eigenvalue weighted by Gasteiger charge is 2.18. The Balaban J connectivity index is 1.80. The van der Waals surface area contributed by atoms with Crippen LogP contribution in [-0.4, -0.2) is 23.2 Å². The van der Waals surface area contributed by atoms with Gasteiger partial charge in [0.05, 0.1) is 22.8 Å². The monoisotopic (exact) mass is 360 g/mol. The smallest absolute Gasteiger partial charge is 0.241 e. The Hall–Kier alpha value is -2.58. The van der Waals surface area contributed by atoms with Crippen molar-refractivity contribution in [3.8, 4) is 11.3 Å². The van der Waals surface area contributed by atoms with Gasteiger partial charge >= 0.3 is 0 Å². The van der Waals surface area contributed by atoms with Gasteiger partial charge in [0.15, 0.2) is 0 Å². The topological polar surface area (TPSA) is 76.9 Å². The van der Waals surface area contributed by atoms with Crippen molar-refractivity contribution in [3.05, 3.63) is 65.9 Å². The number of pyridine rings is 1. The number of hydrogen-bond acceptors (Lipinski definition) is 4. The lowest BCUT2D eigenvalue weighted by atomic mass is 10.2. The molecule has 0 atom stereocenters. The van der Waals surface area contributed by atoms with Crippen LogP contribution in [0.5, 0.6) is 0 Å². The van der Waals surface area contributed by atoms with Gasteiger partial charge in [-0.2, -0.15) is 5.10 Å². The Morgan fingerprint density at radius 2 is 2.04 bits per heavy atom. The molecule has 0 fully saturated rings. The molecule has 0 saturated carbocycles. The van der Waals surface area contributed by atoms with Crippen molar-refractivity contribution in [2.24, 2.45) is 7.05 Å². The summed E-state index contributed by atoms with van der Waals surface area (Å²) in [6.07, 6.45) is 3.37. The molecule has 0 spiro atoms. The van der Waals surface area contributed by atoms with Crippen LogP contribution in [-0.2, 0) is 23.6 Å². The van der Waals surface area contributed by atoms with Crippen LogP contribution < -0.4 is 4.72 Å². The van der Waals surface area contributed by atoms with Crippen molar-refractivity contribution < 1.29 is 12.8 Å². The summed E-state index contributed by atoms with van der Waals surface area (Å²) in [5, 5.41) is 4.38. The number of aromatic nitrogens is 3. The van der Waals surface area contributed by atoms with E-state index in [1.54, 1.807) is 37.1 Å². The zero-order valence-corrected chi connectivity index (χ0v) is 14.6. The fraction of sp³-hybridized carbons (Fsp3) is 0.176. The predicted molar refractivity (Wildman–Crippen MR) is 91.6 cm³/mol. The second-order valence-electron chi connectivity index (χ2n) is 5.62. The first-order valence-corrected chi connectivity index (χ1v) is 9.04. The zero-order chi connectivity index (χ0) is 18.0.